The zero-order valence-corrected chi connectivity index (χ0v) is 15.1. The Labute approximate surface area is 155 Å². The molecular weight excluding hydrogens is 354 g/mol. The van der Waals surface area contributed by atoms with Crippen molar-refractivity contribution in [1.82, 2.24) is 15.2 Å². The first kappa shape index (κ1) is 17.5. The van der Waals surface area contributed by atoms with E-state index in [1.165, 1.54) is 11.8 Å². The van der Waals surface area contributed by atoms with Crippen LogP contribution in [0, 0.1) is 0 Å². The Morgan fingerprint density at radius 2 is 1.84 bits per heavy atom. The highest BCUT2D eigenvalue weighted by atomic mass is 35.5. The fourth-order valence-electron chi connectivity index (χ4n) is 2.19. The van der Waals surface area contributed by atoms with Crippen molar-refractivity contribution in [3.8, 4) is 0 Å². The summed E-state index contributed by atoms with van der Waals surface area (Å²) in [5.74, 6) is 0.672. The molecule has 0 amide bonds. The molecule has 0 saturated carbocycles. The molecule has 0 saturated heterocycles. The van der Waals surface area contributed by atoms with Crippen molar-refractivity contribution < 1.29 is 4.79 Å². The normalized spacial score (nSPS) is 12.4. The Balaban J connectivity index is 1.63. The van der Waals surface area contributed by atoms with E-state index < -0.39 is 0 Å². The molecular formula is C19H16ClN3OS. The molecule has 0 bridgehead atoms. The molecule has 0 fully saturated rings. The number of hydrogen-bond donors (Lipinski definition) is 1. The maximum atomic E-state index is 12.4. The first-order valence-corrected chi connectivity index (χ1v) is 8.99. The lowest BCUT2D eigenvalue weighted by Gasteiger charge is -2.07. The predicted molar refractivity (Wildman–Crippen MR) is 103 cm³/mol. The van der Waals surface area contributed by atoms with Crippen LogP contribution in [0.15, 0.2) is 59.8 Å². The SMILES string of the molecule is CC(Sc1n[nH]c(C=Cc2ccccc2)n1)C(=O)c1ccc(Cl)cc1. The lowest BCUT2D eigenvalue weighted by molar-refractivity contribution is 0.0994. The first-order valence-electron chi connectivity index (χ1n) is 7.74. The van der Waals surface area contributed by atoms with Crippen LogP contribution in [-0.4, -0.2) is 26.2 Å². The number of benzene rings is 2. The van der Waals surface area contributed by atoms with Crippen LogP contribution >= 0.6 is 23.4 Å². The average Bonchev–Trinajstić information content (AvgIpc) is 3.08. The van der Waals surface area contributed by atoms with Crippen LogP contribution in [0.1, 0.15) is 28.7 Å². The molecule has 25 heavy (non-hydrogen) atoms. The maximum Gasteiger partial charge on any atom is 0.209 e. The van der Waals surface area contributed by atoms with E-state index in [1.54, 1.807) is 24.3 Å². The van der Waals surface area contributed by atoms with Crippen LogP contribution in [0.2, 0.25) is 5.02 Å². The molecule has 0 aliphatic heterocycles. The molecule has 0 spiro atoms. The average molecular weight is 370 g/mol. The maximum absolute atomic E-state index is 12.4. The molecule has 3 aromatic rings. The van der Waals surface area contributed by atoms with Gasteiger partial charge in [0, 0.05) is 10.6 Å². The summed E-state index contributed by atoms with van der Waals surface area (Å²) in [6.07, 6.45) is 3.81. The van der Waals surface area contributed by atoms with Gasteiger partial charge >= 0.3 is 0 Å². The van der Waals surface area contributed by atoms with Gasteiger partial charge < -0.3 is 0 Å². The second-order valence-electron chi connectivity index (χ2n) is 5.38. The molecule has 1 atom stereocenters. The van der Waals surface area contributed by atoms with Gasteiger partial charge in [0.15, 0.2) is 5.78 Å². The summed E-state index contributed by atoms with van der Waals surface area (Å²) in [4.78, 5) is 16.8. The Kier molecular flexibility index (Phi) is 5.68. The number of H-pyrrole nitrogens is 1. The summed E-state index contributed by atoms with van der Waals surface area (Å²) in [6, 6.07) is 16.8. The van der Waals surface area contributed by atoms with Crippen LogP contribution in [-0.2, 0) is 0 Å². The van der Waals surface area contributed by atoms with Crippen LogP contribution < -0.4 is 0 Å². The fourth-order valence-corrected chi connectivity index (χ4v) is 3.12. The predicted octanol–water partition coefficient (Wildman–Crippen LogP) is 4.99. The molecule has 2 aromatic carbocycles. The molecule has 1 aromatic heterocycles. The van der Waals surface area contributed by atoms with Crippen molar-refractivity contribution >= 4 is 41.3 Å². The molecule has 1 N–H and O–H groups in total. The van der Waals surface area contributed by atoms with Crippen LogP contribution in [0.25, 0.3) is 12.2 Å². The monoisotopic (exact) mass is 369 g/mol. The van der Waals surface area contributed by atoms with Gasteiger partial charge in [0.2, 0.25) is 5.16 Å². The summed E-state index contributed by atoms with van der Waals surface area (Å²) < 4.78 is 0. The number of nitrogens with zero attached hydrogens (tertiary/aromatic N) is 2. The molecule has 0 radical (unpaired) electrons. The van der Waals surface area contributed by atoms with E-state index in [4.69, 9.17) is 11.6 Å². The smallest absolute Gasteiger partial charge is 0.209 e. The number of rotatable bonds is 6. The Bertz CT molecular complexity index is 875. The number of aromatic nitrogens is 3. The Morgan fingerprint density at radius 1 is 1.12 bits per heavy atom. The second-order valence-corrected chi connectivity index (χ2v) is 7.12. The Morgan fingerprint density at radius 3 is 2.56 bits per heavy atom. The van der Waals surface area contributed by atoms with E-state index in [0.717, 1.165) is 5.56 Å². The molecule has 126 valence electrons. The molecule has 0 aliphatic carbocycles. The number of Topliss-reactive ketones (excluding diaryl/α,β-unsaturated/α-hetero) is 1. The number of thioether (sulfide) groups is 1. The molecule has 3 rings (SSSR count). The largest absolute Gasteiger partial charge is 0.293 e. The second kappa shape index (κ2) is 8.14. The lowest BCUT2D eigenvalue weighted by Crippen LogP contribution is -2.13. The topological polar surface area (TPSA) is 58.6 Å². The minimum Gasteiger partial charge on any atom is -0.293 e. The molecule has 4 nitrogen and oxygen atoms in total. The number of hydrogen-bond acceptors (Lipinski definition) is 4. The fraction of sp³-hybridized carbons (Fsp3) is 0.105. The van der Waals surface area contributed by atoms with Gasteiger partial charge in [-0.3, -0.25) is 9.89 Å². The minimum absolute atomic E-state index is 0.0212. The quantitative estimate of drug-likeness (QED) is 0.491. The highest BCUT2D eigenvalue weighted by molar-refractivity contribution is 8.00. The van der Waals surface area contributed by atoms with Crippen LogP contribution in [0.5, 0.6) is 0 Å². The van der Waals surface area contributed by atoms with E-state index in [9.17, 15) is 4.79 Å². The summed E-state index contributed by atoms with van der Waals surface area (Å²) >= 11 is 7.18. The van der Waals surface area contributed by atoms with E-state index in [-0.39, 0.29) is 11.0 Å². The highest BCUT2D eigenvalue weighted by Crippen LogP contribution is 2.23. The Hall–Kier alpha value is -2.37. The number of nitrogens with one attached hydrogen (secondary N) is 1. The van der Waals surface area contributed by atoms with E-state index in [0.29, 0.717) is 21.6 Å². The van der Waals surface area contributed by atoms with Gasteiger partial charge in [0.25, 0.3) is 0 Å². The van der Waals surface area contributed by atoms with Gasteiger partial charge in [0.05, 0.1) is 5.25 Å². The van der Waals surface area contributed by atoms with Gasteiger partial charge in [-0.25, -0.2) is 4.98 Å². The third-order valence-electron chi connectivity index (χ3n) is 3.50. The number of carbonyl (C=O) groups is 1. The molecule has 1 unspecified atom stereocenters. The zero-order valence-electron chi connectivity index (χ0n) is 13.5. The standard InChI is InChI=1S/C19H16ClN3OS/c1-13(18(24)15-8-10-16(20)11-9-15)25-19-21-17(22-23-19)12-7-14-5-3-2-4-6-14/h2-13H,1H3,(H,21,22,23). The van der Waals surface area contributed by atoms with Crippen molar-refractivity contribution in [2.75, 3.05) is 0 Å². The van der Waals surface area contributed by atoms with Crippen molar-refractivity contribution in [3.05, 3.63) is 76.6 Å². The van der Waals surface area contributed by atoms with Gasteiger partial charge in [0.1, 0.15) is 5.82 Å². The third-order valence-corrected chi connectivity index (χ3v) is 4.71. The van der Waals surface area contributed by atoms with Gasteiger partial charge in [-0.1, -0.05) is 59.8 Å². The van der Waals surface area contributed by atoms with Crippen LogP contribution in [0.4, 0.5) is 0 Å². The van der Waals surface area contributed by atoms with Crippen molar-refractivity contribution in [3.63, 3.8) is 0 Å². The van der Waals surface area contributed by atoms with Gasteiger partial charge in [-0.15, -0.1) is 5.10 Å². The lowest BCUT2D eigenvalue weighted by atomic mass is 10.1. The van der Waals surface area contributed by atoms with Crippen molar-refractivity contribution in [2.24, 2.45) is 0 Å². The van der Waals surface area contributed by atoms with Crippen LogP contribution in [0.3, 0.4) is 0 Å². The highest BCUT2D eigenvalue weighted by Gasteiger charge is 2.18. The summed E-state index contributed by atoms with van der Waals surface area (Å²) in [7, 11) is 0. The first-order chi connectivity index (χ1) is 12.1. The summed E-state index contributed by atoms with van der Waals surface area (Å²) in [5, 5.41) is 7.90. The number of halogens is 1. The summed E-state index contributed by atoms with van der Waals surface area (Å²) in [5.41, 5.74) is 1.71. The van der Waals surface area contributed by atoms with Crippen molar-refractivity contribution in [2.45, 2.75) is 17.3 Å². The summed E-state index contributed by atoms with van der Waals surface area (Å²) in [6.45, 7) is 1.84. The zero-order chi connectivity index (χ0) is 17.6. The van der Waals surface area contributed by atoms with Gasteiger partial charge in [-0.05, 0) is 42.8 Å². The van der Waals surface area contributed by atoms with E-state index in [2.05, 4.69) is 15.2 Å². The van der Waals surface area contributed by atoms with E-state index in [1.807, 2.05) is 49.4 Å². The number of aromatic amines is 1. The third kappa shape index (κ3) is 4.81. The van der Waals surface area contributed by atoms with Crippen molar-refractivity contribution in [1.29, 1.82) is 0 Å². The molecule has 6 heteroatoms. The number of carbonyl (C=O) groups excluding carboxylic acids is 1. The molecule has 0 aliphatic rings. The molecule has 1 heterocycles. The van der Waals surface area contributed by atoms with E-state index >= 15 is 0 Å². The minimum atomic E-state index is -0.289. The number of ketones is 1. The van der Waals surface area contributed by atoms with Gasteiger partial charge in [-0.2, -0.15) is 0 Å².